The van der Waals surface area contributed by atoms with Gasteiger partial charge in [-0.25, -0.2) is 4.79 Å². The van der Waals surface area contributed by atoms with Crippen molar-refractivity contribution in [1.82, 2.24) is 0 Å². The van der Waals surface area contributed by atoms with Gasteiger partial charge in [0.1, 0.15) is 5.75 Å². The number of aromatic carboxylic acids is 1. The molecule has 1 N–H and O–H groups in total. The van der Waals surface area contributed by atoms with E-state index >= 15 is 0 Å². The lowest BCUT2D eigenvalue weighted by atomic mass is 10.1. The lowest BCUT2D eigenvalue weighted by Gasteiger charge is -2.36. The summed E-state index contributed by atoms with van der Waals surface area (Å²) in [5, 5.41) is 9.23. The van der Waals surface area contributed by atoms with E-state index in [0.717, 1.165) is 5.56 Å². The largest absolute Gasteiger partial charge is 0.497 e. The van der Waals surface area contributed by atoms with Crippen molar-refractivity contribution in [3.63, 3.8) is 0 Å². The number of hydrogen-bond donors (Lipinski definition) is 1. The van der Waals surface area contributed by atoms with Crippen LogP contribution in [0.1, 0.15) is 36.7 Å². The lowest BCUT2D eigenvalue weighted by molar-refractivity contribution is 0.0696. The van der Waals surface area contributed by atoms with Crippen molar-refractivity contribution >= 4 is 14.3 Å². The van der Waals surface area contributed by atoms with Gasteiger partial charge in [-0.1, -0.05) is 20.8 Å². The Hall–Kier alpha value is -1.33. The number of carbonyl (C=O) groups is 1. The van der Waals surface area contributed by atoms with E-state index in [9.17, 15) is 4.79 Å². The van der Waals surface area contributed by atoms with Crippen molar-refractivity contribution < 1.29 is 19.1 Å². The summed E-state index contributed by atoms with van der Waals surface area (Å²) < 4.78 is 11.2. The third-order valence-corrected chi connectivity index (χ3v) is 8.33. The molecule has 5 heteroatoms. The average molecular weight is 296 g/mol. The molecule has 20 heavy (non-hydrogen) atoms. The third kappa shape index (κ3) is 4.08. The number of methoxy groups -OCH3 is 1. The summed E-state index contributed by atoms with van der Waals surface area (Å²) in [6.45, 7) is 11.3. The molecule has 0 unspecified atom stereocenters. The predicted molar refractivity (Wildman–Crippen MR) is 81.9 cm³/mol. The fraction of sp³-hybridized carbons (Fsp3) is 0.533. The van der Waals surface area contributed by atoms with Crippen molar-refractivity contribution in [2.45, 2.75) is 45.5 Å². The van der Waals surface area contributed by atoms with Gasteiger partial charge in [0.25, 0.3) is 0 Å². The summed E-state index contributed by atoms with van der Waals surface area (Å²) in [5.74, 6) is -0.420. The number of ether oxygens (including phenoxy) is 1. The fourth-order valence-electron chi connectivity index (χ4n) is 1.47. The molecule has 0 aliphatic rings. The normalized spacial score (nSPS) is 12.3. The molecule has 0 aliphatic carbocycles. The Balaban J connectivity index is 2.93. The number of carboxylic acids is 1. The summed E-state index contributed by atoms with van der Waals surface area (Å²) in [5.41, 5.74) is 1.05. The highest BCUT2D eigenvalue weighted by Gasteiger charge is 2.37. The van der Waals surface area contributed by atoms with Gasteiger partial charge in [-0.05, 0) is 41.9 Å². The van der Waals surface area contributed by atoms with Crippen LogP contribution in [0.15, 0.2) is 18.2 Å². The average Bonchev–Trinajstić information content (AvgIpc) is 2.34. The molecule has 0 amide bonds. The minimum Gasteiger partial charge on any atom is -0.497 e. The molecule has 0 bridgehead atoms. The molecule has 1 aromatic rings. The van der Waals surface area contributed by atoms with Crippen LogP contribution in [0.25, 0.3) is 0 Å². The predicted octanol–water partition coefficient (Wildman–Crippen LogP) is 3.92. The number of benzene rings is 1. The molecular weight excluding hydrogens is 272 g/mol. The van der Waals surface area contributed by atoms with Crippen LogP contribution in [-0.2, 0) is 11.0 Å². The SMILES string of the molecule is COc1cc(CO[Si](C)(C)C(C)(C)C)cc(C(=O)O)c1. The second-order valence-electron chi connectivity index (χ2n) is 6.42. The highest BCUT2D eigenvalue weighted by atomic mass is 28.4. The van der Waals surface area contributed by atoms with Crippen molar-refractivity contribution in [2.75, 3.05) is 7.11 Å². The van der Waals surface area contributed by atoms with Gasteiger partial charge < -0.3 is 14.3 Å². The van der Waals surface area contributed by atoms with Crippen molar-refractivity contribution in [3.05, 3.63) is 29.3 Å². The molecule has 112 valence electrons. The monoisotopic (exact) mass is 296 g/mol. The first kappa shape index (κ1) is 16.7. The van der Waals surface area contributed by atoms with Gasteiger partial charge in [-0.2, -0.15) is 0 Å². The maximum atomic E-state index is 11.1. The molecule has 0 spiro atoms. The first-order valence-electron chi connectivity index (χ1n) is 6.62. The van der Waals surface area contributed by atoms with Crippen molar-refractivity contribution in [1.29, 1.82) is 0 Å². The Morgan fingerprint density at radius 2 is 1.85 bits per heavy atom. The third-order valence-electron chi connectivity index (χ3n) is 3.85. The zero-order chi connectivity index (χ0) is 15.6. The first-order valence-corrected chi connectivity index (χ1v) is 9.53. The maximum absolute atomic E-state index is 11.1. The fourth-order valence-corrected chi connectivity index (χ4v) is 2.43. The van der Waals surface area contributed by atoms with Crippen LogP contribution < -0.4 is 4.74 Å². The van der Waals surface area contributed by atoms with Gasteiger partial charge >= 0.3 is 5.97 Å². The highest BCUT2D eigenvalue weighted by molar-refractivity contribution is 6.74. The molecule has 0 atom stereocenters. The summed E-state index contributed by atoms with van der Waals surface area (Å²) in [6, 6.07) is 4.97. The maximum Gasteiger partial charge on any atom is 0.335 e. The molecule has 0 heterocycles. The van der Waals surface area contributed by atoms with Crippen LogP contribution in [-0.4, -0.2) is 26.5 Å². The van der Waals surface area contributed by atoms with Crippen molar-refractivity contribution in [2.24, 2.45) is 0 Å². The second kappa shape index (κ2) is 5.97. The quantitative estimate of drug-likeness (QED) is 0.837. The number of hydrogen-bond acceptors (Lipinski definition) is 3. The van der Waals surface area contributed by atoms with E-state index in [1.165, 1.54) is 13.2 Å². The van der Waals surface area contributed by atoms with E-state index in [4.69, 9.17) is 14.3 Å². The Labute approximate surface area is 121 Å². The molecule has 0 saturated carbocycles. The summed E-state index contributed by atoms with van der Waals surface area (Å²) in [7, 11) is -0.321. The second-order valence-corrected chi connectivity index (χ2v) is 11.2. The molecular formula is C15H24O4Si. The number of rotatable bonds is 5. The first-order chi connectivity index (χ1) is 9.06. The molecule has 0 aromatic heterocycles. The van der Waals surface area contributed by atoms with Gasteiger partial charge in [-0.3, -0.25) is 0 Å². The molecule has 4 nitrogen and oxygen atoms in total. The van der Waals surface area contributed by atoms with Crippen LogP contribution in [0.3, 0.4) is 0 Å². The van der Waals surface area contributed by atoms with Crippen LogP contribution in [0.2, 0.25) is 18.1 Å². The van der Waals surface area contributed by atoms with Crippen LogP contribution in [0.5, 0.6) is 5.75 Å². The van der Waals surface area contributed by atoms with E-state index in [1.807, 2.05) is 6.07 Å². The summed E-state index contributed by atoms with van der Waals surface area (Å²) in [6.07, 6.45) is 0. The highest BCUT2D eigenvalue weighted by Crippen LogP contribution is 2.37. The van der Waals surface area contributed by atoms with Gasteiger partial charge in [0, 0.05) is 0 Å². The molecule has 1 aromatic carbocycles. The molecule has 1 rings (SSSR count). The molecule has 0 radical (unpaired) electrons. The zero-order valence-electron chi connectivity index (χ0n) is 13.1. The Morgan fingerprint density at radius 3 is 2.30 bits per heavy atom. The van der Waals surface area contributed by atoms with Gasteiger partial charge in [-0.15, -0.1) is 0 Å². The smallest absolute Gasteiger partial charge is 0.335 e. The molecule has 0 fully saturated rings. The van der Waals surface area contributed by atoms with E-state index in [2.05, 4.69) is 33.9 Å². The minimum atomic E-state index is -1.85. The van der Waals surface area contributed by atoms with Crippen molar-refractivity contribution in [3.8, 4) is 5.75 Å². The Bertz CT molecular complexity index is 489. The summed E-state index contributed by atoms with van der Waals surface area (Å²) in [4.78, 5) is 11.1. The van der Waals surface area contributed by atoms with Crippen LogP contribution in [0.4, 0.5) is 0 Å². The Kier molecular flexibility index (Phi) is 4.99. The van der Waals surface area contributed by atoms with E-state index < -0.39 is 14.3 Å². The summed E-state index contributed by atoms with van der Waals surface area (Å²) >= 11 is 0. The molecule has 0 aliphatic heterocycles. The van der Waals surface area contributed by atoms with Gasteiger partial charge in [0.05, 0.1) is 19.3 Å². The lowest BCUT2D eigenvalue weighted by Crippen LogP contribution is -2.40. The van der Waals surface area contributed by atoms with E-state index in [1.54, 1.807) is 6.07 Å². The zero-order valence-corrected chi connectivity index (χ0v) is 14.1. The minimum absolute atomic E-state index is 0.126. The van der Waals surface area contributed by atoms with Gasteiger partial charge in [0.15, 0.2) is 8.32 Å². The standard InChI is InChI=1S/C15H24O4Si/c1-15(2,3)20(5,6)19-10-11-7-12(14(16)17)9-13(8-11)18-4/h7-9H,10H2,1-6H3,(H,16,17). The van der Waals surface area contributed by atoms with E-state index in [0.29, 0.717) is 12.4 Å². The van der Waals surface area contributed by atoms with E-state index in [-0.39, 0.29) is 10.6 Å². The van der Waals surface area contributed by atoms with Crippen LogP contribution in [0, 0.1) is 0 Å². The Morgan fingerprint density at radius 1 is 1.25 bits per heavy atom. The molecule has 0 saturated heterocycles. The van der Waals surface area contributed by atoms with Crippen LogP contribution >= 0.6 is 0 Å². The van der Waals surface area contributed by atoms with Gasteiger partial charge in [0.2, 0.25) is 0 Å². The topological polar surface area (TPSA) is 55.8 Å². The number of carboxylic acid groups (broad SMARTS) is 1.